The van der Waals surface area contributed by atoms with E-state index in [0.717, 1.165) is 5.69 Å². The Morgan fingerprint density at radius 3 is 2.94 bits per heavy atom. The summed E-state index contributed by atoms with van der Waals surface area (Å²) in [5.74, 6) is -0.130. The Labute approximate surface area is 106 Å². The predicted molar refractivity (Wildman–Crippen MR) is 66.4 cm³/mol. The van der Waals surface area contributed by atoms with Crippen LogP contribution in [0.15, 0.2) is 6.07 Å². The number of hydrogen-bond acceptors (Lipinski definition) is 3. The maximum atomic E-state index is 11.8. The fraction of sp³-hybridized carbons (Fsp3) is 0.636. The van der Waals surface area contributed by atoms with Crippen LogP contribution < -0.4 is 5.32 Å². The van der Waals surface area contributed by atoms with Gasteiger partial charge in [-0.15, -0.1) is 11.6 Å². The number of aryl methyl sites for hydroxylation is 2. The topological polar surface area (TPSA) is 56.1 Å². The van der Waals surface area contributed by atoms with Crippen LogP contribution >= 0.6 is 11.6 Å². The van der Waals surface area contributed by atoms with Crippen molar-refractivity contribution in [3.05, 3.63) is 17.5 Å². The molecule has 1 unspecified atom stereocenters. The summed E-state index contributed by atoms with van der Waals surface area (Å²) in [5.41, 5.74) is 1.38. The number of carbonyl (C=O) groups is 1. The number of nitrogens with zero attached hydrogens (tertiary/aromatic N) is 2. The quantitative estimate of drug-likeness (QED) is 0.779. The molecule has 0 aliphatic carbocycles. The highest BCUT2D eigenvalue weighted by atomic mass is 35.5. The van der Waals surface area contributed by atoms with E-state index in [1.165, 1.54) is 0 Å². The summed E-state index contributed by atoms with van der Waals surface area (Å²) in [4.78, 5) is 11.8. The van der Waals surface area contributed by atoms with Crippen LogP contribution in [0.3, 0.4) is 0 Å². The smallest absolute Gasteiger partial charge is 0.269 e. The number of ether oxygens (including phenoxy) is 1. The molecule has 5 nitrogen and oxygen atoms in total. The molecule has 1 amide bonds. The summed E-state index contributed by atoms with van der Waals surface area (Å²) in [6.45, 7) is 2.87. The summed E-state index contributed by atoms with van der Waals surface area (Å²) in [6.07, 6.45) is 0.679. The maximum Gasteiger partial charge on any atom is 0.269 e. The molecular weight excluding hydrogens is 242 g/mol. The lowest BCUT2D eigenvalue weighted by atomic mass is 10.3. The minimum atomic E-state index is -0.130. The van der Waals surface area contributed by atoms with Crippen molar-refractivity contribution >= 4 is 17.5 Å². The molecule has 1 aromatic heterocycles. The molecule has 1 atom stereocenters. The average Bonchev–Trinajstić information content (AvgIpc) is 2.58. The number of nitrogens with one attached hydrogen (secondary N) is 1. The van der Waals surface area contributed by atoms with Crippen LogP contribution in [0.2, 0.25) is 0 Å². The van der Waals surface area contributed by atoms with Crippen molar-refractivity contribution in [3.8, 4) is 0 Å². The van der Waals surface area contributed by atoms with E-state index in [1.54, 1.807) is 24.9 Å². The molecule has 1 rings (SSSR count). The van der Waals surface area contributed by atoms with Crippen LogP contribution in [0.5, 0.6) is 0 Å². The van der Waals surface area contributed by atoms with Gasteiger partial charge < -0.3 is 10.1 Å². The van der Waals surface area contributed by atoms with E-state index in [1.807, 2.05) is 6.92 Å². The second kappa shape index (κ2) is 6.61. The Morgan fingerprint density at radius 1 is 1.71 bits per heavy atom. The Bertz CT molecular complexity index is 379. The fourth-order valence-electron chi connectivity index (χ4n) is 1.52. The van der Waals surface area contributed by atoms with Crippen LogP contribution in [0, 0.1) is 6.92 Å². The number of amides is 1. The van der Waals surface area contributed by atoms with Gasteiger partial charge in [0, 0.05) is 20.7 Å². The molecule has 0 saturated heterocycles. The molecule has 6 heteroatoms. The number of hydrogen-bond donors (Lipinski definition) is 1. The van der Waals surface area contributed by atoms with Gasteiger partial charge in [0.25, 0.3) is 5.91 Å². The highest BCUT2D eigenvalue weighted by molar-refractivity contribution is 6.20. The van der Waals surface area contributed by atoms with E-state index in [0.29, 0.717) is 25.3 Å². The van der Waals surface area contributed by atoms with Gasteiger partial charge in [-0.3, -0.25) is 9.48 Å². The third-order valence-electron chi connectivity index (χ3n) is 2.33. The molecule has 17 heavy (non-hydrogen) atoms. The van der Waals surface area contributed by atoms with Crippen LogP contribution in [-0.2, 0) is 11.8 Å². The lowest BCUT2D eigenvalue weighted by molar-refractivity contribution is 0.0942. The molecule has 0 aliphatic rings. The van der Waals surface area contributed by atoms with Gasteiger partial charge in [0.2, 0.25) is 0 Å². The Morgan fingerprint density at radius 2 is 2.41 bits per heavy atom. The Balaban J connectivity index is 2.37. The molecule has 96 valence electrons. The second-order valence-corrected chi connectivity index (χ2v) is 4.51. The minimum Gasteiger partial charge on any atom is -0.383 e. The molecule has 0 saturated carbocycles. The molecule has 1 N–H and O–H groups in total. The first-order valence-electron chi connectivity index (χ1n) is 5.46. The highest BCUT2D eigenvalue weighted by Crippen LogP contribution is 2.03. The van der Waals surface area contributed by atoms with E-state index >= 15 is 0 Å². The van der Waals surface area contributed by atoms with Gasteiger partial charge in [-0.2, -0.15) is 5.10 Å². The molecule has 0 spiro atoms. The van der Waals surface area contributed by atoms with Gasteiger partial charge in [0.05, 0.1) is 17.7 Å². The Hall–Kier alpha value is -1.07. The molecule has 1 aromatic rings. The largest absolute Gasteiger partial charge is 0.383 e. The summed E-state index contributed by atoms with van der Waals surface area (Å²) in [6, 6.07) is 1.75. The zero-order chi connectivity index (χ0) is 12.8. The van der Waals surface area contributed by atoms with Crippen molar-refractivity contribution in [1.29, 1.82) is 0 Å². The van der Waals surface area contributed by atoms with E-state index in [2.05, 4.69) is 10.4 Å². The lowest BCUT2D eigenvalue weighted by Crippen LogP contribution is -2.28. The normalized spacial score (nSPS) is 12.5. The molecule has 1 heterocycles. The van der Waals surface area contributed by atoms with Crippen LogP contribution in [0.1, 0.15) is 22.6 Å². The Kier molecular flexibility index (Phi) is 5.44. The SMILES string of the molecule is COCC(Cl)CCNC(=O)c1cc(C)nn1C. The number of methoxy groups -OCH3 is 1. The van der Waals surface area contributed by atoms with Gasteiger partial charge in [0.15, 0.2) is 0 Å². The average molecular weight is 260 g/mol. The van der Waals surface area contributed by atoms with Gasteiger partial charge in [-0.05, 0) is 19.4 Å². The van der Waals surface area contributed by atoms with Crippen LogP contribution in [-0.4, -0.2) is 41.3 Å². The second-order valence-electron chi connectivity index (χ2n) is 3.89. The van der Waals surface area contributed by atoms with Crippen molar-refractivity contribution < 1.29 is 9.53 Å². The van der Waals surface area contributed by atoms with Crippen LogP contribution in [0.25, 0.3) is 0 Å². The van der Waals surface area contributed by atoms with E-state index in [9.17, 15) is 4.79 Å². The van der Waals surface area contributed by atoms with Crippen LogP contribution in [0.4, 0.5) is 0 Å². The van der Waals surface area contributed by atoms with Crippen molar-refractivity contribution in [1.82, 2.24) is 15.1 Å². The van der Waals surface area contributed by atoms with Crippen molar-refractivity contribution in [2.45, 2.75) is 18.7 Å². The van der Waals surface area contributed by atoms with E-state index in [-0.39, 0.29) is 11.3 Å². The van der Waals surface area contributed by atoms with E-state index < -0.39 is 0 Å². The first kappa shape index (κ1) is 14.0. The molecule has 0 bridgehead atoms. The highest BCUT2D eigenvalue weighted by Gasteiger charge is 2.11. The molecule has 0 aromatic carbocycles. The molecule has 0 radical (unpaired) electrons. The zero-order valence-electron chi connectivity index (χ0n) is 10.4. The zero-order valence-corrected chi connectivity index (χ0v) is 11.1. The molecular formula is C11H18ClN3O2. The predicted octanol–water partition coefficient (Wildman–Crippen LogP) is 1.10. The fourth-order valence-corrected chi connectivity index (χ4v) is 1.76. The maximum absolute atomic E-state index is 11.8. The summed E-state index contributed by atoms with van der Waals surface area (Å²) < 4.78 is 6.48. The van der Waals surface area contributed by atoms with Gasteiger partial charge >= 0.3 is 0 Å². The summed E-state index contributed by atoms with van der Waals surface area (Å²) in [7, 11) is 3.35. The number of halogens is 1. The van der Waals surface area contributed by atoms with Crippen molar-refractivity contribution in [2.75, 3.05) is 20.3 Å². The first-order valence-corrected chi connectivity index (χ1v) is 5.90. The lowest BCUT2D eigenvalue weighted by Gasteiger charge is -2.09. The van der Waals surface area contributed by atoms with Gasteiger partial charge in [-0.1, -0.05) is 0 Å². The molecule has 0 fully saturated rings. The third kappa shape index (κ3) is 4.36. The van der Waals surface area contributed by atoms with Crippen molar-refractivity contribution in [3.63, 3.8) is 0 Å². The summed E-state index contributed by atoms with van der Waals surface area (Å²) >= 11 is 5.95. The number of alkyl halides is 1. The van der Waals surface area contributed by atoms with E-state index in [4.69, 9.17) is 16.3 Å². The number of carbonyl (C=O) groups excluding carboxylic acids is 1. The molecule has 0 aliphatic heterocycles. The minimum absolute atomic E-state index is 0.0754. The third-order valence-corrected chi connectivity index (χ3v) is 2.67. The van der Waals surface area contributed by atoms with Gasteiger partial charge in [0.1, 0.15) is 5.69 Å². The monoisotopic (exact) mass is 259 g/mol. The standard InChI is InChI=1S/C11H18ClN3O2/c1-8-6-10(15(2)14-8)11(16)13-5-4-9(12)7-17-3/h6,9H,4-5,7H2,1-3H3,(H,13,16). The first-order chi connectivity index (χ1) is 8.04. The number of rotatable bonds is 6. The number of aromatic nitrogens is 2. The van der Waals surface area contributed by atoms with Crippen molar-refractivity contribution in [2.24, 2.45) is 7.05 Å². The van der Waals surface area contributed by atoms with Gasteiger partial charge in [-0.25, -0.2) is 0 Å². The summed E-state index contributed by atoms with van der Waals surface area (Å²) in [5, 5.41) is 6.84.